The van der Waals surface area contributed by atoms with Gasteiger partial charge in [0.25, 0.3) is 0 Å². The number of hydrogen-bond donors (Lipinski definition) is 2. The molecule has 0 radical (unpaired) electrons. The van der Waals surface area contributed by atoms with Crippen LogP contribution in [0.4, 0.5) is 0 Å². The van der Waals surface area contributed by atoms with Gasteiger partial charge >= 0.3 is 0 Å². The van der Waals surface area contributed by atoms with Crippen LogP contribution in [0.15, 0.2) is 0 Å². The average Bonchev–Trinajstić information content (AvgIpc) is 2.71. The molecule has 0 spiro atoms. The van der Waals surface area contributed by atoms with Crippen molar-refractivity contribution in [3.8, 4) is 0 Å². The standard InChI is InChI=1S/C13H22N2O/c1-2-7-6-10(7)15-13(16)11-8-3-4-9(5-8)12(11)14/h7-12H,2-6,14H2,1H3,(H,15,16). The first-order valence-corrected chi connectivity index (χ1v) is 6.76. The van der Waals surface area contributed by atoms with Crippen molar-refractivity contribution in [3.63, 3.8) is 0 Å². The fourth-order valence-corrected chi connectivity index (χ4v) is 3.88. The van der Waals surface area contributed by atoms with Crippen molar-refractivity contribution in [3.05, 3.63) is 0 Å². The van der Waals surface area contributed by atoms with Crippen LogP contribution in [0.1, 0.15) is 39.0 Å². The van der Waals surface area contributed by atoms with Crippen LogP contribution in [-0.4, -0.2) is 18.0 Å². The predicted molar refractivity (Wildman–Crippen MR) is 62.6 cm³/mol. The van der Waals surface area contributed by atoms with Gasteiger partial charge in [0, 0.05) is 12.1 Å². The molecule has 1 amide bonds. The Balaban J connectivity index is 1.59. The molecule has 3 aliphatic carbocycles. The van der Waals surface area contributed by atoms with Crippen molar-refractivity contribution in [1.82, 2.24) is 5.32 Å². The van der Waals surface area contributed by atoms with Gasteiger partial charge in [-0.2, -0.15) is 0 Å². The highest BCUT2D eigenvalue weighted by Gasteiger charge is 2.50. The minimum atomic E-state index is 0.122. The van der Waals surface area contributed by atoms with Crippen LogP contribution >= 0.6 is 0 Å². The summed E-state index contributed by atoms with van der Waals surface area (Å²) in [5.41, 5.74) is 6.17. The van der Waals surface area contributed by atoms with Crippen molar-refractivity contribution < 1.29 is 4.79 Å². The molecule has 90 valence electrons. The lowest BCUT2D eigenvalue weighted by Gasteiger charge is -2.27. The number of amides is 1. The van der Waals surface area contributed by atoms with E-state index in [0.29, 0.717) is 17.9 Å². The van der Waals surface area contributed by atoms with Crippen LogP contribution in [0, 0.1) is 23.7 Å². The Morgan fingerprint density at radius 3 is 2.62 bits per heavy atom. The molecule has 0 aliphatic heterocycles. The summed E-state index contributed by atoms with van der Waals surface area (Å²) in [5.74, 6) is 2.32. The molecule has 0 aromatic rings. The molecular formula is C13H22N2O. The Kier molecular flexibility index (Phi) is 2.46. The van der Waals surface area contributed by atoms with Crippen molar-refractivity contribution in [1.29, 1.82) is 0 Å². The van der Waals surface area contributed by atoms with Crippen molar-refractivity contribution in [2.75, 3.05) is 0 Å². The molecule has 2 bridgehead atoms. The number of rotatable bonds is 3. The number of fused-ring (bicyclic) bond motifs is 2. The molecule has 3 rings (SSSR count). The van der Waals surface area contributed by atoms with Gasteiger partial charge in [0.1, 0.15) is 0 Å². The second-order valence-electron chi connectivity index (χ2n) is 5.96. The largest absolute Gasteiger partial charge is 0.353 e. The normalized spacial score (nSPS) is 49.4. The number of hydrogen-bond acceptors (Lipinski definition) is 2. The molecule has 0 saturated heterocycles. The van der Waals surface area contributed by atoms with Gasteiger partial charge in [-0.25, -0.2) is 0 Å². The fourth-order valence-electron chi connectivity index (χ4n) is 3.88. The first-order chi connectivity index (χ1) is 7.70. The molecule has 0 heterocycles. The second kappa shape index (κ2) is 3.73. The maximum Gasteiger partial charge on any atom is 0.225 e. The predicted octanol–water partition coefficient (Wildman–Crippen LogP) is 1.27. The maximum atomic E-state index is 12.2. The van der Waals surface area contributed by atoms with E-state index in [0.717, 1.165) is 5.92 Å². The lowest BCUT2D eigenvalue weighted by molar-refractivity contribution is -0.127. The summed E-state index contributed by atoms with van der Waals surface area (Å²) in [6.07, 6.45) is 6.03. The van der Waals surface area contributed by atoms with Gasteiger partial charge in [-0.1, -0.05) is 13.3 Å². The van der Waals surface area contributed by atoms with E-state index in [4.69, 9.17) is 5.73 Å². The quantitative estimate of drug-likeness (QED) is 0.755. The zero-order valence-electron chi connectivity index (χ0n) is 9.99. The molecule has 0 aromatic heterocycles. The van der Waals surface area contributed by atoms with Crippen LogP contribution in [0.25, 0.3) is 0 Å². The van der Waals surface area contributed by atoms with E-state index in [1.54, 1.807) is 0 Å². The van der Waals surface area contributed by atoms with E-state index < -0.39 is 0 Å². The summed E-state index contributed by atoms with van der Waals surface area (Å²) < 4.78 is 0. The van der Waals surface area contributed by atoms with E-state index >= 15 is 0 Å². The molecule has 3 nitrogen and oxygen atoms in total. The zero-order chi connectivity index (χ0) is 11.3. The topological polar surface area (TPSA) is 55.1 Å². The van der Waals surface area contributed by atoms with Gasteiger partial charge in [-0.05, 0) is 43.4 Å². The van der Waals surface area contributed by atoms with Crippen LogP contribution < -0.4 is 11.1 Å². The lowest BCUT2D eigenvalue weighted by Crippen LogP contribution is -2.46. The number of carbonyl (C=O) groups excluding carboxylic acids is 1. The maximum absolute atomic E-state index is 12.2. The number of nitrogens with two attached hydrogens (primary N) is 1. The van der Waals surface area contributed by atoms with E-state index in [-0.39, 0.29) is 17.9 Å². The third kappa shape index (κ3) is 1.56. The van der Waals surface area contributed by atoms with Crippen LogP contribution in [-0.2, 0) is 4.79 Å². The molecule has 3 fully saturated rings. The Morgan fingerprint density at radius 1 is 1.31 bits per heavy atom. The molecule has 3 saturated carbocycles. The first-order valence-electron chi connectivity index (χ1n) is 6.76. The molecular weight excluding hydrogens is 200 g/mol. The van der Waals surface area contributed by atoms with E-state index in [9.17, 15) is 4.79 Å². The lowest BCUT2D eigenvalue weighted by atomic mass is 9.84. The van der Waals surface area contributed by atoms with Crippen LogP contribution in [0.5, 0.6) is 0 Å². The van der Waals surface area contributed by atoms with Crippen molar-refractivity contribution in [2.45, 2.75) is 51.1 Å². The van der Waals surface area contributed by atoms with Gasteiger partial charge in [-0.3, -0.25) is 4.79 Å². The van der Waals surface area contributed by atoms with Crippen molar-refractivity contribution >= 4 is 5.91 Å². The highest BCUT2D eigenvalue weighted by molar-refractivity contribution is 5.81. The Labute approximate surface area is 97.2 Å². The monoisotopic (exact) mass is 222 g/mol. The third-order valence-corrected chi connectivity index (χ3v) is 5.06. The smallest absolute Gasteiger partial charge is 0.225 e. The number of nitrogens with one attached hydrogen (secondary N) is 1. The molecule has 16 heavy (non-hydrogen) atoms. The minimum absolute atomic E-state index is 0.122. The van der Waals surface area contributed by atoms with Crippen LogP contribution in [0.3, 0.4) is 0 Å². The molecule has 3 aliphatic rings. The zero-order valence-corrected chi connectivity index (χ0v) is 9.99. The van der Waals surface area contributed by atoms with E-state index in [2.05, 4.69) is 12.2 Å². The third-order valence-electron chi connectivity index (χ3n) is 5.06. The SMILES string of the molecule is CCC1CC1NC(=O)C1C2CCC(C2)C1N. The molecule has 6 unspecified atom stereocenters. The fraction of sp³-hybridized carbons (Fsp3) is 0.923. The van der Waals surface area contributed by atoms with E-state index in [1.165, 1.54) is 32.1 Å². The molecule has 3 N–H and O–H groups in total. The molecule has 3 heteroatoms. The van der Waals surface area contributed by atoms with Crippen LogP contribution in [0.2, 0.25) is 0 Å². The average molecular weight is 222 g/mol. The van der Waals surface area contributed by atoms with Gasteiger partial charge in [0.2, 0.25) is 5.91 Å². The van der Waals surface area contributed by atoms with Gasteiger partial charge in [-0.15, -0.1) is 0 Å². The highest BCUT2D eigenvalue weighted by Crippen LogP contribution is 2.48. The highest BCUT2D eigenvalue weighted by atomic mass is 16.2. The second-order valence-corrected chi connectivity index (χ2v) is 5.96. The van der Waals surface area contributed by atoms with Crippen molar-refractivity contribution in [2.24, 2.45) is 29.4 Å². The van der Waals surface area contributed by atoms with E-state index in [1.807, 2.05) is 0 Å². The number of carbonyl (C=O) groups is 1. The van der Waals surface area contributed by atoms with Gasteiger partial charge in [0.15, 0.2) is 0 Å². The van der Waals surface area contributed by atoms with Gasteiger partial charge < -0.3 is 11.1 Å². The summed E-state index contributed by atoms with van der Waals surface area (Å²) >= 11 is 0. The minimum Gasteiger partial charge on any atom is -0.353 e. The Morgan fingerprint density at radius 2 is 2.06 bits per heavy atom. The summed E-state index contributed by atoms with van der Waals surface area (Å²) in [6.45, 7) is 2.19. The first kappa shape index (κ1) is 10.6. The Hall–Kier alpha value is -0.570. The van der Waals surface area contributed by atoms with Gasteiger partial charge in [0.05, 0.1) is 5.92 Å². The molecule has 0 aromatic carbocycles. The Bertz CT molecular complexity index is 302. The summed E-state index contributed by atoms with van der Waals surface area (Å²) in [7, 11) is 0. The summed E-state index contributed by atoms with van der Waals surface area (Å²) in [4.78, 5) is 12.2. The summed E-state index contributed by atoms with van der Waals surface area (Å²) in [5, 5.41) is 3.19. The summed E-state index contributed by atoms with van der Waals surface area (Å²) in [6, 6.07) is 0.599. The molecule has 6 atom stereocenters.